The van der Waals surface area contributed by atoms with E-state index in [2.05, 4.69) is 12.2 Å². The topological polar surface area (TPSA) is 30.5 Å². The molecule has 0 aromatic heterocycles. The zero-order valence-electron chi connectivity index (χ0n) is 15.8. The van der Waals surface area contributed by atoms with Gasteiger partial charge in [-0.15, -0.1) is 0 Å². The lowest BCUT2D eigenvalue weighted by Gasteiger charge is -2.15. The van der Waals surface area contributed by atoms with Gasteiger partial charge in [0.25, 0.3) is 0 Å². The van der Waals surface area contributed by atoms with Gasteiger partial charge in [-0.25, -0.2) is 0 Å². The van der Waals surface area contributed by atoms with Crippen LogP contribution in [0.3, 0.4) is 0 Å². The Labute approximate surface area is 176 Å². The second-order valence-electron chi connectivity index (χ2n) is 6.36. The minimum absolute atomic E-state index is 0.303. The average molecular weight is 431 g/mol. The van der Waals surface area contributed by atoms with Gasteiger partial charge in [0.05, 0.1) is 7.11 Å². The van der Waals surface area contributed by atoms with Gasteiger partial charge in [-0.3, -0.25) is 0 Å². The third-order valence-electron chi connectivity index (χ3n) is 4.25. The molecule has 0 bridgehead atoms. The van der Waals surface area contributed by atoms with Crippen LogP contribution in [0.4, 0.5) is 0 Å². The Kier molecular flexibility index (Phi) is 9.57. The SMILES string of the molecule is CCCCCCNCc1cc(OC)c(OCc2ccc(Cl)cc2Cl)cc1Cl. The third-order valence-corrected chi connectivity index (χ3v) is 5.19. The number of rotatable bonds is 11. The summed E-state index contributed by atoms with van der Waals surface area (Å²) in [6.45, 7) is 4.19. The molecule has 0 fully saturated rings. The Balaban J connectivity index is 1.98. The Morgan fingerprint density at radius 1 is 0.889 bits per heavy atom. The molecule has 0 atom stereocenters. The molecule has 2 rings (SSSR count). The second kappa shape index (κ2) is 11.7. The first-order valence-corrected chi connectivity index (χ1v) is 10.3. The zero-order chi connectivity index (χ0) is 19.6. The summed E-state index contributed by atoms with van der Waals surface area (Å²) in [6, 6.07) is 9.03. The largest absolute Gasteiger partial charge is 0.493 e. The zero-order valence-corrected chi connectivity index (χ0v) is 18.1. The van der Waals surface area contributed by atoms with Gasteiger partial charge in [0.15, 0.2) is 11.5 Å². The normalized spacial score (nSPS) is 10.9. The van der Waals surface area contributed by atoms with E-state index in [9.17, 15) is 0 Å². The van der Waals surface area contributed by atoms with Crippen LogP contribution in [-0.2, 0) is 13.2 Å². The summed E-state index contributed by atoms with van der Waals surface area (Å²) in [5.74, 6) is 1.23. The number of benzene rings is 2. The lowest BCUT2D eigenvalue weighted by Crippen LogP contribution is -2.15. The second-order valence-corrected chi connectivity index (χ2v) is 7.61. The van der Waals surface area contributed by atoms with Crippen LogP contribution in [0.15, 0.2) is 30.3 Å². The minimum Gasteiger partial charge on any atom is -0.493 e. The number of nitrogens with one attached hydrogen (secondary N) is 1. The van der Waals surface area contributed by atoms with Crippen molar-refractivity contribution in [3.8, 4) is 11.5 Å². The van der Waals surface area contributed by atoms with E-state index in [-0.39, 0.29) is 0 Å². The van der Waals surface area contributed by atoms with Crippen molar-refractivity contribution in [2.45, 2.75) is 45.8 Å². The fraction of sp³-hybridized carbons (Fsp3) is 0.429. The first kappa shape index (κ1) is 22.2. The van der Waals surface area contributed by atoms with E-state index < -0.39 is 0 Å². The number of unbranched alkanes of at least 4 members (excludes halogenated alkanes) is 3. The molecule has 6 heteroatoms. The van der Waals surface area contributed by atoms with Crippen molar-refractivity contribution in [1.29, 1.82) is 0 Å². The Morgan fingerprint density at radius 3 is 2.37 bits per heavy atom. The summed E-state index contributed by atoms with van der Waals surface area (Å²) < 4.78 is 11.4. The maximum Gasteiger partial charge on any atom is 0.163 e. The summed E-state index contributed by atoms with van der Waals surface area (Å²) >= 11 is 18.6. The van der Waals surface area contributed by atoms with Gasteiger partial charge in [-0.2, -0.15) is 0 Å². The molecule has 0 saturated carbocycles. The highest BCUT2D eigenvalue weighted by Gasteiger charge is 2.12. The van der Waals surface area contributed by atoms with Crippen LogP contribution in [-0.4, -0.2) is 13.7 Å². The maximum absolute atomic E-state index is 6.44. The highest BCUT2D eigenvalue weighted by molar-refractivity contribution is 6.35. The average Bonchev–Trinajstić information content (AvgIpc) is 2.65. The van der Waals surface area contributed by atoms with Gasteiger partial charge in [0.1, 0.15) is 6.61 Å². The van der Waals surface area contributed by atoms with Gasteiger partial charge in [0.2, 0.25) is 0 Å². The van der Waals surface area contributed by atoms with Crippen LogP contribution in [0.1, 0.15) is 43.7 Å². The van der Waals surface area contributed by atoms with Crippen molar-refractivity contribution in [3.63, 3.8) is 0 Å². The lowest BCUT2D eigenvalue weighted by molar-refractivity contribution is 0.284. The third kappa shape index (κ3) is 7.08. The summed E-state index contributed by atoms with van der Waals surface area (Å²) in [5, 5.41) is 5.24. The van der Waals surface area contributed by atoms with E-state index in [1.807, 2.05) is 12.1 Å². The molecule has 0 aliphatic carbocycles. The number of hydrogen-bond acceptors (Lipinski definition) is 3. The molecule has 0 spiro atoms. The van der Waals surface area contributed by atoms with Crippen molar-refractivity contribution in [3.05, 3.63) is 56.5 Å². The smallest absolute Gasteiger partial charge is 0.163 e. The molecule has 0 amide bonds. The van der Waals surface area contributed by atoms with Crippen molar-refractivity contribution in [2.75, 3.05) is 13.7 Å². The number of methoxy groups -OCH3 is 1. The molecule has 0 heterocycles. The molecule has 0 unspecified atom stereocenters. The van der Waals surface area contributed by atoms with E-state index in [1.165, 1.54) is 25.7 Å². The fourth-order valence-corrected chi connectivity index (χ4v) is 3.36. The molecule has 3 nitrogen and oxygen atoms in total. The summed E-state index contributed by atoms with van der Waals surface area (Å²) in [7, 11) is 1.62. The maximum atomic E-state index is 6.44. The molecule has 148 valence electrons. The minimum atomic E-state index is 0.303. The number of ether oxygens (including phenoxy) is 2. The van der Waals surface area contributed by atoms with E-state index in [4.69, 9.17) is 44.3 Å². The number of halogens is 3. The standard InChI is InChI=1S/C21H26Cl3NO2/c1-3-4-5-6-9-25-13-16-10-20(26-2)21(12-19(16)24)27-14-15-7-8-17(22)11-18(15)23/h7-8,10-12,25H,3-6,9,13-14H2,1-2H3. The summed E-state index contributed by atoms with van der Waals surface area (Å²) in [4.78, 5) is 0. The molecule has 2 aromatic rings. The molecule has 2 aromatic carbocycles. The van der Waals surface area contributed by atoms with Gasteiger partial charge < -0.3 is 14.8 Å². The van der Waals surface area contributed by atoms with E-state index >= 15 is 0 Å². The van der Waals surface area contributed by atoms with E-state index in [0.717, 1.165) is 17.7 Å². The molecule has 27 heavy (non-hydrogen) atoms. The molecule has 0 radical (unpaired) electrons. The van der Waals surface area contributed by atoms with Crippen LogP contribution in [0.5, 0.6) is 11.5 Å². The summed E-state index contributed by atoms with van der Waals surface area (Å²) in [5.41, 5.74) is 1.83. The predicted molar refractivity (Wildman–Crippen MR) is 115 cm³/mol. The van der Waals surface area contributed by atoms with Gasteiger partial charge >= 0.3 is 0 Å². The Morgan fingerprint density at radius 2 is 1.67 bits per heavy atom. The van der Waals surface area contributed by atoms with Crippen LogP contribution < -0.4 is 14.8 Å². The molecule has 1 N–H and O–H groups in total. The monoisotopic (exact) mass is 429 g/mol. The van der Waals surface area contributed by atoms with Crippen molar-refractivity contribution < 1.29 is 9.47 Å². The van der Waals surface area contributed by atoms with Crippen molar-refractivity contribution in [2.24, 2.45) is 0 Å². The van der Waals surface area contributed by atoms with Crippen LogP contribution in [0.25, 0.3) is 0 Å². The molecule has 0 aliphatic heterocycles. The fourth-order valence-electron chi connectivity index (χ4n) is 2.68. The Hall–Kier alpha value is -1.13. The Bertz CT molecular complexity index is 738. The van der Waals surface area contributed by atoms with Gasteiger partial charge in [0, 0.05) is 33.2 Å². The predicted octanol–water partition coefficient (Wildman–Crippen LogP) is 6.90. The van der Waals surface area contributed by atoms with E-state index in [0.29, 0.717) is 39.7 Å². The molecular formula is C21H26Cl3NO2. The quantitative estimate of drug-likeness (QED) is 0.393. The molecule has 0 saturated heterocycles. The number of hydrogen-bond donors (Lipinski definition) is 1. The van der Waals surface area contributed by atoms with Crippen LogP contribution >= 0.6 is 34.8 Å². The first-order valence-electron chi connectivity index (χ1n) is 9.19. The van der Waals surface area contributed by atoms with Crippen molar-refractivity contribution >= 4 is 34.8 Å². The molecular weight excluding hydrogens is 405 g/mol. The first-order chi connectivity index (χ1) is 13.0. The highest BCUT2D eigenvalue weighted by Crippen LogP contribution is 2.34. The van der Waals surface area contributed by atoms with E-state index in [1.54, 1.807) is 25.3 Å². The lowest BCUT2D eigenvalue weighted by atomic mass is 10.1. The molecule has 0 aliphatic rings. The van der Waals surface area contributed by atoms with Gasteiger partial charge in [-0.05, 0) is 36.7 Å². The summed E-state index contributed by atoms with van der Waals surface area (Å²) in [6.07, 6.45) is 4.94. The van der Waals surface area contributed by atoms with Gasteiger partial charge in [-0.1, -0.05) is 67.1 Å². The van der Waals surface area contributed by atoms with Crippen molar-refractivity contribution in [1.82, 2.24) is 5.32 Å². The van der Waals surface area contributed by atoms with Crippen LogP contribution in [0, 0.1) is 0 Å². The van der Waals surface area contributed by atoms with Crippen LogP contribution in [0.2, 0.25) is 15.1 Å². The highest BCUT2D eigenvalue weighted by atomic mass is 35.5.